The van der Waals surface area contributed by atoms with Gasteiger partial charge in [-0.3, -0.25) is 4.90 Å². The molecule has 0 amide bonds. The summed E-state index contributed by atoms with van der Waals surface area (Å²) in [5.74, 6) is 0.535. The van der Waals surface area contributed by atoms with Crippen LogP contribution in [0, 0.1) is 0 Å². The van der Waals surface area contributed by atoms with Crippen molar-refractivity contribution in [3.8, 4) is 0 Å². The number of nitrogens with zero attached hydrogens (tertiary/aromatic N) is 2. The fourth-order valence-corrected chi connectivity index (χ4v) is 2.63. The Labute approximate surface area is 133 Å². The van der Waals surface area contributed by atoms with E-state index >= 15 is 0 Å². The van der Waals surface area contributed by atoms with E-state index in [0.717, 1.165) is 52.2 Å². The monoisotopic (exact) mass is 304 g/mol. The van der Waals surface area contributed by atoms with Crippen molar-refractivity contribution in [3.05, 3.63) is 35.4 Å². The van der Waals surface area contributed by atoms with E-state index in [2.05, 4.69) is 46.4 Å². The van der Waals surface area contributed by atoms with Crippen LogP contribution in [0.2, 0.25) is 0 Å². The smallest absolute Gasteiger partial charge is 0.188 e. The summed E-state index contributed by atoms with van der Waals surface area (Å²) in [6.45, 7) is 8.54. The van der Waals surface area contributed by atoms with Gasteiger partial charge in [-0.2, -0.15) is 0 Å². The van der Waals surface area contributed by atoms with Crippen LogP contribution in [0.25, 0.3) is 0 Å². The Morgan fingerprint density at radius 3 is 2.73 bits per heavy atom. The highest BCUT2D eigenvalue weighted by Gasteiger charge is 2.08. The largest absolute Gasteiger partial charge is 0.379 e. The van der Waals surface area contributed by atoms with E-state index in [1.165, 1.54) is 11.1 Å². The molecule has 5 nitrogen and oxygen atoms in total. The summed E-state index contributed by atoms with van der Waals surface area (Å²) >= 11 is 0. The lowest BCUT2D eigenvalue weighted by molar-refractivity contribution is 0.0376. The zero-order valence-electron chi connectivity index (χ0n) is 13.6. The summed E-state index contributed by atoms with van der Waals surface area (Å²) in [6.07, 6.45) is 2.10. The number of morpholine rings is 1. The lowest BCUT2D eigenvalue weighted by Gasteiger charge is -2.26. The summed E-state index contributed by atoms with van der Waals surface area (Å²) in [7, 11) is 0. The number of guanidine groups is 1. The van der Waals surface area contributed by atoms with Crippen LogP contribution < -0.4 is 11.1 Å². The molecule has 1 aromatic rings. The van der Waals surface area contributed by atoms with E-state index in [9.17, 15) is 0 Å². The molecular formula is C17H28N4O. The SMILES string of the molecule is CCc1ccccc1CN=C(N)NCCCN1CCOCC1. The number of nitrogens with two attached hydrogens (primary N) is 1. The van der Waals surface area contributed by atoms with Gasteiger partial charge >= 0.3 is 0 Å². The number of rotatable bonds is 7. The Morgan fingerprint density at radius 1 is 1.27 bits per heavy atom. The molecule has 0 saturated carbocycles. The maximum atomic E-state index is 5.94. The summed E-state index contributed by atoms with van der Waals surface area (Å²) in [4.78, 5) is 6.86. The molecule has 1 saturated heterocycles. The molecule has 0 atom stereocenters. The third kappa shape index (κ3) is 5.66. The molecule has 122 valence electrons. The molecule has 1 aliphatic rings. The highest BCUT2D eigenvalue weighted by atomic mass is 16.5. The zero-order chi connectivity index (χ0) is 15.6. The van der Waals surface area contributed by atoms with Crippen LogP contribution in [-0.4, -0.2) is 50.3 Å². The van der Waals surface area contributed by atoms with Gasteiger partial charge < -0.3 is 15.8 Å². The van der Waals surface area contributed by atoms with Gasteiger partial charge in [-0.25, -0.2) is 4.99 Å². The number of hydrogen-bond donors (Lipinski definition) is 2. The Balaban J connectivity index is 1.66. The zero-order valence-corrected chi connectivity index (χ0v) is 13.6. The maximum Gasteiger partial charge on any atom is 0.188 e. The van der Waals surface area contributed by atoms with Crippen LogP contribution in [0.15, 0.2) is 29.3 Å². The van der Waals surface area contributed by atoms with E-state index in [1.807, 2.05) is 0 Å². The predicted octanol–water partition coefficient (Wildman–Crippen LogP) is 1.38. The van der Waals surface area contributed by atoms with Gasteiger partial charge in [0.2, 0.25) is 0 Å². The van der Waals surface area contributed by atoms with Crippen molar-refractivity contribution in [3.63, 3.8) is 0 Å². The fourth-order valence-electron chi connectivity index (χ4n) is 2.63. The molecule has 2 rings (SSSR count). The first-order valence-corrected chi connectivity index (χ1v) is 8.20. The number of aryl methyl sites for hydroxylation is 1. The molecule has 1 fully saturated rings. The first-order chi connectivity index (χ1) is 10.8. The van der Waals surface area contributed by atoms with Gasteiger partial charge in [-0.05, 0) is 30.5 Å². The van der Waals surface area contributed by atoms with Crippen molar-refractivity contribution >= 4 is 5.96 Å². The van der Waals surface area contributed by atoms with Crippen LogP contribution >= 0.6 is 0 Å². The van der Waals surface area contributed by atoms with Crippen molar-refractivity contribution in [2.75, 3.05) is 39.4 Å². The van der Waals surface area contributed by atoms with Crippen LogP contribution in [0.4, 0.5) is 0 Å². The number of benzene rings is 1. The van der Waals surface area contributed by atoms with Gasteiger partial charge in [0.25, 0.3) is 0 Å². The minimum Gasteiger partial charge on any atom is -0.379 e. The topological polar surface area (TPSA) is 62.9 Å². The highest BCUT2D eigenvalue weighted by molar-refractivity contribution is 5.77. The quantitative estimate of drug-likeness (QED) is 0.454. The molecule has 22 heavy (non-hydrogen) atoms. The second-order valence-corrected chi connectivity index (χ2v) is 5.56. The molecule has 3 N–H and O–H groups in total. The average molecular weight is 304 g/mol. The van der Waals surface area contributed by atoms with Gasteiger partial charge in [-0.1, -0.05) is 31.2 Å². The lowest BCUT2D eigenvalue weighted by atomic mass is 10.1. The third-order valence-corrected chi connectivity index (χ3v) is 3.98. The number of aliphatic imine (C=N–C) groups is 1. The fraction of sp³-hybridized carbons (Fsp3) is 0.588. The van der Waals surface area contributed by atoms with E-state index in [-0.39, 0.29) is 0 Å². The van der Waals surface area contributed by atoms with Crippen LogP contribution in [0.1, 0.15) is 24.5 Å². The van der Waals surface area contributed by atoms with Crippen LogP contribution in [0.5, 0.6) is 0 Å². The number of hydrogen-bond acceptors (Lipinski definition) is 3. The molecule has 1 aromatic carbocycles. The molecule has 0 radical (unpaired) electrons. The molecule has 0 aliphatic carbocycles. The van der Waals surface area contributed by atoms with Crippen molar-refractivity contribution < 1.29 is 4.74 Å². The molecule has 0 aromatic heterocycles. The third-order valence-electron chi connectivity index (χ3n) is 3.98. The van der Waals surface area contributed by atoms with E-state index in [4.69, 9.17) is 10.5 Å². The first-order valence-electron chi connectivity index (χ1n) is 8.20. The van der Waals surface area contributed by atoms with Crippen LogP contribution in [-0.2, 0) is 17.7 Å². The Bertz CT molecular complexity index is 469. The van der Waals surface area contributed by atoms with Crippen molar-refractivity contribution in [2.45, 2.75) is 26.3 Å². The summed E-state index contributed by atoms with van der Waals surface area (Å²) in [6, 6.07) is 8.39. The molecule has 0 bridgehead atoms. The normalized spacial score (nSPS) is 16.7. The molecular weight excluding hydrogens is 276 g/mol. The van der Waals surface area contributed by atoms with Gasteiger partial charge in [0, 0.05) is 19.6 Å². The molecule has 1 heterocycles. The second-order valence-electron chi connectivity index (χ2n) is 5.56. The molecule has 1 aliphatic heterocycles. The Kier molecular flexibility index (Phi) is 7.19. The Morgan fingerprint density at radius 2 is 2.00 bits per heavy atom. The van der Waals surface area contributed by atoms with Gasteiger partial charge in [0.1, 0.15) is 0 Å². The van der Waals surface area contributed by atoms with Crippen LogP contribution in [0.3, 0.4) is 0 Å². The summed E-state index contributed by atoms with van der Waals surface area (Å²) in [5, 5.41) is 3.20. The summed E-state index contributed by atoms with van der Waals surface area (Å²) in [5.41, 5.74) is 8.53. The predicted molar refractivity (Wildman–Crippen MR) is 91.0 cm³/mol. The Hall–Kier alpha value is -1.59. The molecule has 0 unspecified atom stereocenters. The minimum atomic E-state index is 0.535. The van der Waals surface area contributed by atoms with Crippen molar-refractivity contribution in [1.29, 1.82) is 0 Å². The average Bonchev–Trinajstić information content (AvgIpc) is 2.58. The number of ether oxygens (including phenoxy) is 1. The van der Waals surface area contributed by atoms with Gasteiger partial charge in [-0.15, -0.1) is 0 Å². The molecule has 0 spiro atoms. The lowest BCUT2D eigenvalue weighted by Crippen LogP contribution is -2.39. The standard InChI is InChI=1S/C17H28N4O/c1-2-15-6-3-4-7-16(15)14-20-17(18)19-8-5-9-21-10-12-22-13-11-21/h3-4,6-7H,2,5,8-14H2,1H3,(H3,18,19,20). The summed E-state index contributed by atoms with van der Waals surface area (Å²) < 4.78 is 5.34. The maximum absolute atomic E-state index is 5.94. The number of nitrogens with one attached hydrogen (secondary N) is 1. The van der Waals surface area contributed by atoms with Gasteiger partial charge in [0.05, 0.1) is 19.8 Å². The minimum absolute atomic E-state index is 0.535. The highest BCUT2D eigenvalue weighted by Crippen LogP contribution is 2.10. The van der Waals surface area contributed by atoms with E-state index in [0.29, 0.717) is 12.5 Å². The second kappa shape index (κ2) is 9.43. The first kappa shape index (κ1) is 16.8. The van der Waals surface area contributed by atoms with Crippen molar-refractivity contribution in [2.24, 2.45) is 10.7 Å². The van der Waals surface area contributed by atoms with Gasteiger partial charge in [0.15, 0.2) is 5.96 Å². The van der Waals surface area contributed by atoms with E-state index < -0.39 is 0 Å². The van der Waals surface area contributed by atoms with E-state index in [1.54, 1.807) is 0 Å². The van der Waals surface area contributed by atoms with Crippen molar-refractivity contribution in [1.82, 2.24) is 10.2 Å². The molecule has 5 heteroatoms.